The van der Waals surface area contributed by atoms with Crippen molar-refractivity contribution >= 4 is 11.2 Å². The van der Waals surface area contributed by atoms with Crippen LogP contribution < -0.4 is 4.74 Å². The van der Waals surface area contributed by atoms with Crippen molar-refractivity contribution in [2.75, 3.05) is 6.61 Å². The van der Waals surface area contributed by atoms with Crippen LogP contribution in [0, 0.1) is 18.7 Å². The van der Waals surface area contributed by atoms with Crippen molar-refractivity contribution in [3.63, 3.8) is 0 Å². The molecular weight excluding hydrogens is 364 g/mol. The quantitative estimate of drug-likeness (QED) is 0.495. The fourth-order valence-corrected chi connectivity index (χ4v) is 3.62. The number of benzene rings is 1. The molecule has 6 nitrogen and oxygen atoms in total. The van der Waals surface area contributed by atoms with Gasteiger partial charge in [0.15, 0.2) is 17.2 Å². The minimum Gasteiger partial charge on any atom is -0.490 e. The van der Waals surface area contributed by atoms with Crippen molar-refractivity contribution < 1.29 is 13.5 Å². The zero-order chi connectivity index (χ0) is 19.3. The molecule has 28 heavy (non-hydrogen) atoms. The summed E-state index contributed by atoms with van der Waals surface area (Å²) in [7, 11) is 0. The number of nitrogens with zero attached hydrogens (tertiary/aromatic N) is 5. The van der Waals surface area contributed by atoms with Gasteiger partial charge in [-0.15, -0.1) is 0 Å². The topological polar surface area (TPSA) is 65.7 Å². The molecule has 0 bridgehead atoms. The van der Waals surface area contributed by atoms with Crippen LogP contribution in [0.2, 0.25) is 0 Å². The molecule has 0 unspecified atom stereocenters. The molecule has 140 valence electrons. The molecule has 4 aromatic rings. The second-order valence-electron chi connectivity index (χ2n) is 6.61. The molecule has 0 amide bonds. The number of ether oxygens (including phenoxy) is 1. The maximum absolute atomic E-state index is 14.3. The van der Waals surface area contributed by atoms with Crippen LogP contribution in [0.1, 0.15) is 23.9 Å². The van der Waals surface area contributed by atoms with Gasteiger partial charge in [0.2, 0.25) is 5.95 Å². The molecule has 0 N–H and O–H groups in total. The summed E-state index contributed by atoms with van der Waals surface area (Å²) in [5, 5.41) is 0. The van der Waals surface area contributed by atoms with E-state index >= 15 is 0 Å². The van der Waals surface area contributed by atoms with E-state index in [9.17, 15) is 8.78 Å². The normalized spacial score (nSPS) is 16.0. The largest absolute Gasteiger partial charge is 0.490 e. The SMILES string of the molecule is Cc1ncc2nc(-c3ccc(F)nc3)n([C@@H]3CCOc4c(F)cccc43)c2n1. The summed E-state index contributed by atoms with van der Waals surface area (Å²) in [4.78, 5) is 17.2. The molecule has 1 aliphatic heterocycles. The molecule has 0 saturated carbocycles. The second-order valence-corrected chi connectivity index (χ2v) is 6.61. The number of rotatable bonds is 2. The van der Waals surface area contributed by atoms with Gasteiger partial charge in [-0.1, -0.05) is 12.1 Å². The smallest absolute Gasteiger partial charge is 0.212 e. The fourth-order valence-electron chi connectivity index (χ4n) is 3.62. The van der Waals surface area contributed by atoms with E-state index in [-0.39, 0.29) is 11.8 Å². The van der Waals surface area contributed by atoms with E-state index in [0.29, 0.717) is 41.4 Å². The number of pyridine rings is 1. The lowest BCUT2D eigenvalue weighted by Gasteiger charge is -2.28. The predicted molar refractivity (Wildman–Crippen MR) is 97.9 cm³/mol. The number of para-hydroxylation sites is 1. The van der Waals surface area contributed by atoms with Gasteiger partial charge in [0.25, 0.3) is 0 Å². The molecule has 1 atom stereocenters. The lowest BCUT2D eigenvalue weighted by atomic mass is 9.99. The zero-order valence-corrected chi connectivity index (χ0v) is 14.9. The first kappa shape index (κ1) is 16.7. The number of imidazole rings is 1. The van der Waals surface area contributed by atoms with Crippen LogP contribution in [0.15, 0.2) is 42.7 Å². The van der Waals surface area contributed by atoms with E-state index in [1.165, 1.54) is 18.3 Å². The Bertz CT molecular complexity index is 1190. The Morgan fingerprint density at radius 2 is 1.96 bits per heavy atom. The van der Waals surface area contributed by atoms with Crippen molar-refractivity contribution in [1.29, 1.82) is 0 Å². The number of fused-ring (bicyclic) bond motifs is 2. The van der Waals surface area contributed by atoms with Crippen LogP contribution in [-0.4, -0.2) is 31.1 Å². The first-order chi connectivity index (χ1) is 13.6. The predicted octanol–water partition coefficient (Wildman–Crippen LogP) is 3.85. The fraction of sp³-hybridized carbons (Fsp3) is 0.200. The van der Waals surface area contributed by atoms with Crippen LogP contribution in [0.4, 0.5) is 8.78 Å². The van der Waals surface area contributed by atoms with E-state index < -0.39 is 11.8 Å². The van der Waals surface area contributed by atoms with Gasteiger partial charge in [0.1, 0.15) is 17.2 Å². The molecule has 0 radical (unpaired) electrons. The van der Waals surface area contributed by atoms with Gasteiger partial charge in [-0.2, -0.15) is 4.39 Å². The van der Waals surface area contributed by atoms with Crippen LogP contribution in [0.3, 0.4) is 0 Å². The third-order valence-corrected chi connectivity index (χ3v) is 4.84. The van der Waals surface area contributed by atoms with Gasteiger partial charge in [-0.3, -0.25) is 0 Å². The van der Waals surface area contributed by atoms with E-state index in [1.54, 1.807) is 25.3 Å². The van der Waals surface area contributed by atoms with Crippen LogP contribution in [-0.2, 0) is 0 Å². The Labute approximate surface area is 158 Å². The number of halogens is 2. The lowest BCUT2D eigenvalue weighted by molar-refractivity contribution is 0.246. The van der Waals surface area contributed by atoms with Gasteiger partial charge in [0, 0.05) is 23.7 Å². The second kappa shape index (κ2) is 6.33. The van der Waals surface area contributed by atoms with Crippen molar-refractivity contribution in [3.8, 4) is 17.1 Å². The van der Waals surface area contributed by atoms with Gasteiger partial charge in [0.05, 0.1) is 18.8 Å². The number of aryl methyl sites for hydroxylation is 1. The lowest BCUT2D eigenvalue weighted by Crippen LogP contribution is -2.22. The average molecular weight is 379 g/mol. The summed E-state index contributed by atoms with van der Waals surface area (Å²) in [5.74, 6) is 0.450. The summed E-state index contributed by atoms with van der Waals surface area (Å²) >= 11 is 0. The molecule has 0 aliphatic carbocycles. The molecule has 5 rings (SSSR count). The van der Waals surface area contributed by atoms with E-state index in [2.05, 4.69) is 19.9 Å². The summed E-state index contributed by atoms with van der Waals surface area (Å²) in [6.45, 7) is 2.16. The number of aromatic nitrogens is 5. The Balaban J connectivity index is 1.79. The highest BCUT2D eigenvalue weighted by molar-refractivity contribution is 5.77. The first-order valence-corrected chi connectivity index (χ1v) is 8.86. The molecule has 1 aromatic carbocycles. The Kier molecular flexibility index (Phi) is 3.78. The van der Waals surface area contributed by atoms with Crippen molar-refractivity contribution in [2.24, 2.45) is 0 Å². The van der Waals surface area contributed by atoms with Crippen molar-refractivity contribution in [1.82, 2.24) is 24.5 Å². The summed E-state index contributed by atoms with van der Waals surface area (Å²) < 4.78 is 35.2. The Morgan fingerprint density at radius 1 is 1.07 bits per heavy atom. The van der Waals surface area contributed by atoms with Crippen LogP contribution in [0.25, 0.3) is 22.6 Å². The highest BCUT2D eigenvalue weighted by Gasteiger charge is 2.29. The molecule has 0 fully saturated rings. The zero-order valence-electron chi connectivity index (χ0n) is 14.9. The molecular formula is C20H15F2N5O. The maximum Gasteiger partial charge on any atom is 0.212 e. The van der Waals surface area contributed by atoms with Crippen LogP contribution in [0.5, 0.6) is 5.75 Å². The molecule has 8 heteroatoms. The number of hydrogen-bond donors (Lipinski definition) is 0. The average Bonchev–Trinajstić information content (AvgIpc) is 3.07. The molecule has 3 aromatic heterocycles. The third-order valence-electron chi connectivity index (χ3n) is 4.84. The highest BCUT2D eigenvalue weighted by atomic mass is 19.1. The Morgan fingerprint density at radius 3 is 2.79 bits per heavy atom. The molecule has 4 heterocycles. The van der Waals surface area contributed by atoms with Crippen molar-refractivity contribution in [2.45, 2.75) is 19.4 Å². The Hall–Kier alpha value is -3.42. The monoisotopic (exact) mass is 379 g/mol. The van der Waals surface area contributed by atoms with Crippen LogP contribution >= 0.6 is 0 Å². The highest BCUT2D eigenvalue weighted by Crippen LogP contribution is 2.40. The molecule has 0 spiro atoms. The minimum atomic E-state index is -0.569. The van der Waals surface area contributed by atoms with Gasteiger partial charge >= 0.3 is 0 Å². The van der Waals surface area contributed by atoms with E-state index in [1.807, 2.05) is 10.6 Å². The summed E-state index contributed by atoms with van der Waals surface area (Å²) in [5.41, 5.74) is 2.60. The van der Waals surface area contributed by atoms with E-state index in [0.717, 1.165) is 5.56 Å². The standard InChI is InChI=1S/C20H15F2N5O/c1-11-23-10-15-20(25-11)27(19(26-15)12-5-6-17(22)24-9-12)16-7-8-28-18-13(16)3-2-4-14(18)21/h2-6,9-10,16H,7-8H2,1H3/t16-/m1/s1. The first-order valence-electron chi connectivity index (χ1n) is 8.86. The van der Waals surface area contributed by atoms with E-state index in [4.69, 9.17) is 4.74 Å². The summed E-state index contributed by atoms with van der Waals surface area (Å²) in [6.07, 6.45) is 3.70. The maximum atomic E-state index is 14.3. The van der Waals surface area contributed by atoms with Gasteiger partial charge < -0.3 is 9.30 Å². The van der Waals surface area contributed by atoms with Gasteiger partial charge in [-0.05, 0) is 25.1 Å². The minimum absolute atomic E-state index is 0.237. The molecule has 0 saturated heterocycles. The summed E-state index contributed by atoms with van der Waals surface area (Å²) in [6, 6.07) is 7.55. The van der Waals surface area contributed by atoms with Gasteiger partial charge in [-0.25, -0.2) is 24.3 Å². The number of hydrogen-bond acceptors (Lipinski definition) is 5. The third kappa shape index (κ3) is 2.60. The van der Waals surface area contributed by atoms with Crippen molar-refractivity contribution in [3.05, 3.63) is 65.9 Å². The molecule has 1 aliphatic rings.